The van der Waals surface area contributed by atoms with Gasteiger partial charge in [0, 0.05) is 24.3 Å². The Morgan fingerprint density at radius 3 is 2.94 bits per heavy atom. The van der Waals surface area contributed by atoms with E-state index in [1.165, 1.54) is 11.9 Å². The monoisotopic (exact) mass is 237 g/mol. The molecule has 2 rings (SSSR count). The molecule has 1 aromatic heterocycles. The van der Waals surface area contributed by atoms with Gasteiger partial charge < -0.3 is 10.1 Å². The highest BCUT2D eigenvalue weighted by molar-refractivity contribution is 7.98. The molecule has 0 radical (unpaired) electrons. The zero-order chi connectivity index (χ0) is 11.5. The van der Waals surface area contributed by atoms with Gasteiger partial charge in [-0.25, -0.2) is 0 Å². The molecule has 0 fully saturated rings. The summed E-state index contributed by atoms with van der Waals surface area (Å²) in [7, 11) is 0. The van der Waals surface area contributed by atoms with Crippen molar-refractivity contribution in [3.63, 3.8) is 0 Å². The Morgan fingerprint density at radius 2 is 2.19 bits per heavy atom. The number of ether oxygens (including phenoxy) is 1. The van der Waals surface area contributed by atoms with Gasteiger partial charge in [-0.1, -0.05) is 13.8 Å². The third-order valence-corrected chi connectivity index (χ3v) is 3.27. The van der Waals surface area contributed by atoms with Crippen molar-refractivity contribution < 1.29 is 4.74 Å². The molecule has 1 atom stereocenters. The number of hydrogen-bond donors (Lipinski definition) is 1. The summed E-state index contributed by atoms with van der Waals surface area (Å²) in [6, 6.07) is 2.49. The van der Waals surface area contributed by atoms with Crippen LogP contribution in [0.5, 0.6) is 0 Å². The minimum Gasteiger partial charge on any atom is -0.461 e. The molecule has 16 heavy (non-hydrogen) atoms. The van der Waals surface area contributed by atoms with Crippen LogP contribution in [0.15, 0.2) is 27.8 Å². The molecule has 5 heteroatoms. The minimum absolute atomic E-state index is 0.148. The van der Waals surface area contributed by atoms with Crippen LogP contribution in [0, 0.1) is 5.92 Å². The van der Waals surface area contributed by atoms with Crippen LogP contribution < -0.4 is 5.32 Å². The second-order valence-electron chi connectivity index (χ2n) is 4.05. The van der Waals surface area contributed by atoms with Crippen LogP contribution >= 0.6 is 11.9 Å². The standard InChI is InChI=1S/C11H15N3OS/c1-7(2)8(3)15-11-13-9-4-5-12-6-10(9)16-14-11/h4-8H,1-3H3,(H,13,14). The molecule has 2 heterocycles. The molecule has 0 saturated carbocycles. The number of nitrogens with zero attached hydrogens (tertiary/aromatic N) is 2. The Bertz CT molecular complexity index is 406. The van der Waals surface area contributed by atoms with Crippen molar-refractivity contribution in [3.8, 4) is 0 Å². The summed E-state index contributed by atoms with van der Waals surface area (Å²) in [5, 5.41) is 3.15. The lowest BCUT2D eigenvalue weighted by Crippen LogP contribution is -2.26. The maximum absolute atomic E-state index is 5.71. The first-order chi connectivity index (χ1) is 7.66. The van der Waals surface area contributed by atoms with E-state index < -0.39 is 0 Å². The molecule has 86 valence electrons. The quantitative estimate of drug-likeness (QED) is 0.803. The number of hydrogen-bond acceptors (Lipinski definition) is 5. The highest BCUT2D eigenvalue weighted by Gasteiger charge is 2.17. The van der Waals surface area contributed by atoms with E-state index in [4.69, 9.17) is 4.74 Å². The number of anilines is 1. The molecule has 4 nitrogen and oxygen atoms in total. The fourth-order valence-electron chi connectivity index (χ4n) is 1.15. The number of fused-ring (bicyclic) bond motifs is 1. The number of rotatable bonds is 2. The van der Waals surface area contributed by atoms with Crippen molar-refractivity contribution in [1.29, 1.82) is 0 Å². The average molecular weight is 237 g/mol. The molecular formula is C11H15N3OS. The largest absolute Gasteiger partial charge is 0.461 e. The van der Waals surface area contributed by atoms with Crippen LogP contribution in [0.3, 0.4) is 0 Å². The Morgan fingerprint density at radius 1 is 1.38 bits per heavy atom. The van der Waals surface area contributed by atoms with E-state index in [2.05, 4.69) is 28.5 Å². The van der Waals surface area contributed by atoms with Gasteiger partial charge in [-0.3, -0.25) is 4.98 Å². The second kappa shape index (κ2) is 4.74. The van der Waals surface area contributed by atoms with Gasteiger partial charge in [0.2, 0.25) is 0 Å². The molecule has 0 amide bonds. The zero-order valence-electron chi connectivity index (χ0n) is 9.60. The fraction of sp³-hybridized carbons (Fsp3) is 0.455. The Labute approximate surface area is 99.7 Å². The van der Waals surface area contributed by atoms with Crippen LogP contribution in [-0.2, 0) is 4.74 Å². The Hall–Kier alpha value is -1.23. The van der Waals surface area contributed by atoms with Gasteiger partial charge in [0.25, 0.3) is 0 Å². The zero-order valence-corrected chi connectivity index (χ0v) is 10.4. The molecule has 1 aliphatic heterocycles. The van der Waals surface area contributed by atoms with Gasteiger partial charge in [0.05, 0.1) is 10.6 Å². The van der Waals surface area contributed by atoms with Crippen molar-refractivity contribution in [2.24, 2.45) is 10.3 Å². The van der Waals surface area contributed by atoms with Crippen molar-refractivity contribution in [3.05, 3.63) is 18.5 Å². The van der Waals surface area contributed by atoms with Crippen LogP contribution in [0.4, 0.5) is 5.69 Å². The molecular weight excluding hydrogens is 222 g/mol. The fourth-order valence-corrected chi connectivity index (χ4v) is 1.74. The summed E-state index contributed by atoms with van der Waals surface area (Å²) in [6.07, 6.45) is 3.69. The third-order valence-electron chi connectivity index (χ3n) is 2.49. The van der Waals surface area contributed by atoms with E-state index in [-0.39, 0.29) is 6.10 Å². The van der Waals surface area contributed by atoms with E-state index in [1.54, 1.807) is 12.4 Å². The molecule has 0 spiro atoms. The summed E-state index contributed by atoms with van der Waals surface area (Å²) in [5.41, 5.74) is 1.00. The van der Waals surface area contributed by atoms with Crippen molar-refractivity contribution in [1.82, 2.24) is 4.98 Å². The molecule has 0 aliphatic carbocycles. The van der Waals surface area contributed by atoms with Crippen LogP contribution in [0.25, 0.3) is 0 Å². The van der Waals surface area contributed by atoms with Crippen molar-refractivity contribution in [2.75, 3.05) is 5.32 Å². The topological polar surface area (TPSA) is 46.5 Å². The van der Waals surface area contributed by atoms with E-state index in [0.717, 1.165) is 10.6 Å². The minimum atomic E-state index is 0.148. The van der Waals surface area contributed by atoms with E-state index >= 15 is 0 Å². The first-order valence-corrected chi connectivity index (χ1v) is 6.07. The van der Waals surface area contributed by atoms with E-state index in [1.807, 2.05) is 13.0 Å². The van der Waals surface area contributed by atoms with E-state index in [9.17, 15) is 0 Å². The summed E-state index contributed by atoms with van der Waals surface area (Å²) in [4.78, 5) is 5.06. The molecule has 1 aromatic rings. The summed E-state index contributed by atoms with van der Waals surface area (Å²) in [6.45, 7) is 6.29. The van der Waals surface area contributed by atoms with Gasteiger partial charge in [-0.05, 0) is 18.9 Å². The highest BCUT2D eigenvalue weighted by Crippen LogP contribution is 2.31. The number of amidine groups is 1. The molecule has 0 saturated heterocycles. The molecule has 1 aliphatic rings. The maximum atomic E-state index is 5.71. The molecule has 0 bridgehead atoms. The third kappa shape index (κ3) is 2.47. The van der Waals surface area contributed by atoms with Gasteiger partial charge in [0.15, 0.2) is 0 Å². The van der Waals surface area contributed by atoms with Crippen LogP contribution in [-0.4, -0.2) is 17.1 Å². The lowest BCUT2D eigenvalue weighted by molar-refractivity contribution is 0.157. The van der Waals surface area contributed by atoms with Gasteiger partial charge >= 0.3 is 6.02 Å². The van der Waals surface area contributed by atoms with Crippen molar-refractivity contribution in [2.45, 2.75) is 31.8 Å². The lowest BCUT2D eigenvalue weighted by atomic mass is 10.1. The second-order valence-corrected chi connectivity index (χ2v) is 4.86. The van der Waals surface area contributed by atoms with Gasteiger partial charge in [-0.2, -0.15) is 4.40 Å². The predicted octanol–water partition coefficient (Wildman–Crippen LogP) is 2.93. The first kappa shape index (κ1) is 11.3. The summed E-state index contributed by atoms with van der Waals surface area (Å²) in [5.74, 6) is 0.466. The maximum Gasteiger partial charge on any atom is 0.301 e. The molecule has 0 aromatic carbocycles. The van der Waals surface area contributed by atoms with Gasteiger partial charge in [0.1, 0.15) is 6.10 Å². The molecule has 1 N–H and O–H groups in total. The van der Waals surface area contributed by atoms with E-state index in [0.29, 0.717) is 11.9 Å². The Balaban J connectivity index is 2.04. The smallest absolute Gasteiger partial charge is 0.301 e. The lowest BCUT2D eigenvalue weighted by Gasteiger charge is -2.22. The first-order valence-electron chi connectivity index (χ1n) is 5.29. The predicted molar refractivity (Wildman–Crippen MR) is 66.5 cm³/mol. The normalized spacial score (nSPS) is 16.1. The van der Waals surface area contributed by atoms with Crippen LogP contribution in [0.1, 0.15) is 20.8 Å². The number of nitrogens with one attached hydrogen (secondary N) is 1. The summed E-state index contributed by atoms with van der Waals surface area (Å²) < 4.78 is 9.96. The average Bonchev–Trinajstić information content (AvgIpc) is 2.28. The van der Waals surface area contributed by atoms with Crippen molar-refractivity contribution >= 4 is 23.7 Å². The highest BCUT2D eigenvalue weighted by atomic mass is 32.2. The Kier molecular flexibility index (Phi) is 3.33. The van der Waals surface area contributed by atoms with Crippen LogP contribution in [0.2, 0.25) is 0 Å². The number of pyridine rings is 1. The molecule has 1 unspecified atom stereocenters. The SMILES string of the molecule is CC(C)C(C)OC1=NSc2cnccc2N1. The number of aromatic nitrogens is 1. The summed E-state index contributed by atoms with van der Waals surface area (Å²) >= 11 is 1.39. The van der Waals surface area contributed by atoms with Gasteiger partial charge in [-0.15, -0.1) is 0 Å².